The van der Waals surface area contributed by atoms with Crippen LogP contribution in [0, 0.1) is 0 Å². The van der Waals surface area contributed by atoms with Crippen LogP contribution >= 0.6 is 11.6 Å². The first-order chi connectivity index (χ1) is 11.7. The highest BCUT2D eigenvalue weighted by Gasteiger charge is 2.28. The van der Waals surface area contributed by atoms with Gasteiger partial charge in [-0.25, -0.2) is 0 Å². The molecule has 1 fully saturated rings. The molecule has 0 saturated carbocycles. The Morgan fingerprint density at radius 2 is 2.04 bits per heavy atom. The maximum atomic E-state index is 12.7. The lowest BCUT2D eigenvalue weighted by molar-refractivity contribution is 0.0772. The highest BCUT2D eigenvalue weighted by atomic mass is 35.5. The number of hydrogen-bond acceptors (Lipinski definition) is 4. The number of amides is 1. The SMILES string of the molecule is O=C(c1ccc2n[nH]nc2c1)N1CCC(Oc2ccccc2Cl)C1. The van der Waals surface area contributed by atoms with E-state index in [-0.39, 0.29) is 12.0 Å². The lowest BCUT2D eigenvalue weighted by Crippen LogP contribution is -2.30. The number of carbonyl (C=O) groups is 1. The van der Waals surface area contributed by atoms with Crippen molar-refractivity contribution >= 4 is 28.5 Å². The number of hydrogen-bond donors (Lipinski definition) is 1. The van der Waals surface area contributed by atoms with Gasteiger partial charge in [0.2, 0.25) is 0 Å². The Morgan fingerprint density at radius 1 is 1.21 bits per heavy atom. The Balaban J connectivity index is 1.46. The van der Waals surface area contributed by atoms with Crippen LogP contribution < -0.4 is 4.74 Å². The number of H-pyrrole nitrogens is 1. The molecule has 122 valence electrons. The number of nitrogens with zero attached hydrogens (tertiary/aromatic N) is 3. The minimum absolute atomic E-state index is 0.0230. The molecule has 1 aromatic heterocycles. The summed E-state index contributed by atoms with van der Waals surface area (Å²) in [6.45, 7) is 1.20. The van der Waals surface area contributed by atoms with E-state index >= 15 is 0 Å². The second kappa shape index (κ2) is 6.13. The van der Waals surface area contributed by atoms with Gasteiger partial charge in [0, 0.05) is 18.5 Å². The zero-order valence-corrected chi connectivity index (χ0v) is 13.5. The van der Waals surface area contributed by atoms with Gasteiger partial charge in [-0.2, -0.15) is 15.4 Å². The van der Waals surface area contributed by atoms with Gasteiger partial charge in [-0.1, -0.05) is 23.7 Å². The van der Waals surface area contributed by atoms with E-state index < -0.39 is 0 Å². The lowest BCUT2D eigenvalue weighted by atomic mass is 10.2. The molecule has 1 saturated heterocycles. The average Bonchev–Trinajstić information content (AvgIpc) is 3.24. The van der Waals surface area contributed by atoms with Crippen LogP contribution in [0.2, 0.25) is 5.02 Å². The summed E-state index contributed by atoms with van der Waals surface area (Å²) < 4.78 is 5.93. The van der Waals surface area contributed by atoms with E-state index in [4.69, 9.17) is 16.3 Å². The predicted molar refractivity (Wildman–Crippen MR) is 90.3 cm³/mol. The van der Waals surface area contributed by atoms with Gasteiger partial charge in [0.05, 0.1) is 11.6 Å². The number of carbonyl (C=O) groups excluding carboxylic acids is 1. The van der Waals surface area contributed by atoms with E-state index in [1.807, 2.05) is 18.2 Å². The normalized spacial score (nSPS) is 17.4. The standard InChI is InChI=1S/C17H15ClN4O2/c18-13-3-1-2-4-16(13)24-12-7-8-22(10-12)17(23)11-5-6-14-15(9-11)20-21-19-14/h1-6,9,12H,7-8,10H2,(H,19,20,21). The van der Waals surface area contributed by atoms with Crippen LogP contribution in [-0.2, 0) is 0 Å². The van der Waals surface area contributed by atoms with Crippen molar-refractivity contribution in [2.75, 3.05) is 13.1 Å². The number of aromatic nitrogens is 3. The van der Waals surface area contributed by atoms with Crippen LogP contribution in [0.3, 0.4) is 0 Å². The van der Waals surface area contributed by atoms with Crippen molar-refractivity contribution < 1.29 is 9.53 Å². The zero-order valence-electron chi connectivity index (χ0n) is 12.8. The van der Waals surface area contributed by atoms with Gasteiger partial charge >= 0.3 is 0 Å². The van der Waals surface area contributed by atoms with Crippen molar-refractivity contribution in [1.29, 1.82) is 0 Å². The zero-order chi connectivity index (χ0) is 16.5. The smallest absolute Gasteiger partial charge is 0.254 e. The molecule has 6 nitrogen and oxygen atoms in total. The van der Waals surface area contributed by atoms with Crippen molar-refractivity contribution in [2.24, 2.45) is 0 Å². The van der Waals surface area contributed by atoms with Gasteiger partial charge in [0.1, 0.15) is 22.9 Å². The van der Waals surface area contributed by atoms with Gasteiger partial charge in [0.25, 0.3) is 5.91 Å². The van der Waals surface area contributed by atoms with E-state index in [0.29, 0.717) is 34.9 Å². The third kappa shape index (κ3) is 2.80. The van der Waals surface area contributed by atoms with E-state index in [1.165, 1.54) is 0 Å². The fourth-order valence-electron chi connectivity index (χ4n) is 2.88. The molecule has 2 heterocycles. The summed E-state index contributed by atoms with van der Waals surface area (Å²) in [6, 6.07) is 12.7. The molecule has 7 heteroatoms. The average molecular weight is 343 g/mol. The van der Waals surface area contributed by atoms with Crippen LogP contribution in [0.4, 0.5) is 0 Å². The largest absolute Gasteiger partial charge is 0.487 e. The second-order valence-electron chi connectivity index (χ2n) is 5.74. The number of rotatable bonds is 3. The molecule has 24 heavy (non-hydrogen) atoms. The van der Waals surface area contributed by atoms with Crippen LogP contribution in [0.25, 0.3) is 11.0 Å². The Hall–Kier alpha value is -2.60. The van der Waals surface area contributed by atoms with E-state index in [1.54, 1.807) is 29.2 Å². The van der Waals surface area contributed by atoms with Crippen LogP contribution in [0.15, 0.2) is 42.5 Å². The summed E-state index contributed by atoms with van der Waals surface area (Å²) in [5.74, 6) is 0.632. The number of likely N-dealkylation sites (tertiary alicyclic amines) is 1. The first-order valence-corrected chi connectivity index (χ1v) is 8.09. The summed E-state index contributed by atoms with van der Waals surface area (Å²) in [5, 5.41) is 11.2. The minimum atomic E-state index is -0.0513. The summed E-state index contributed by atoms with van der Waals surface area (Å²) in [4.78, 5) is 14.5. The second-order valence-corrected chi connectivity index (χ2v) is 6.14. The Bertz CT molecular complexity index is 895. The highest BCUT2D eigenvalue weighted by Crippen LogP contribution is 2.27. The molecule has 0 bridgehead atoms. The summed E-state index contributed by atoms with van der Waals surface area (Å²) in [7, 11) is 0. The number of ether oxygens (including phenoxy) is 1. The van der Waals surface area contributed by atoms with Gasteiger partial charge in [-0.05, 0) is 30.3 Å². The number of para-hydroxylation sites is 1. The molecular weight excluding hydrogens is 328 g/mol. The molecular formula is C17H15ClN4O2. The van der Waals surface area contributed by atoms with E-state index in [9.17, 15) is 4.79 Å². The molecule has 1 amide bonds. The monoisotopic (exact) mass is 342 g/mol. The number of nitrogens with one attached hydrogen (secondary N) is 1. The van der Waals surface area contributed by atoms with Crippen molar-refractivity contribution in [3.8, 4) is 5.75 Å². The minimum Gasteiger partial charge on any atom is -0.487 e. The maximum Gasteiger partial charge on any atom is 0.254 e. The molecule has 0 spiro atoms. The molecule has 2 aromatic carbocycles. The molecule has 3 aromatic rings. The summed E-state index contributed by atoms with van der Waals surface area (Å²) >= 11 is 6.12. The fraction of sp³-hybridized carbons (Fsp3) is 0.235. The van der Waals surface area contributed by atoms with Crippen LogP contribution in [0.5, 0.6) is 5.75 Å². The predicted octanol–water partition coefficient (Wildman–Crippen LogP) is 2.90. The quantitative estimate of drug-likeness (QED) is 0.794. The number of fused-ring (bicyclic) bond motifs is 1. The number of aromatic amines is 1. The Labute approximate surface area is 143 Å². The molecule has 0 aliphatic carbocycles. The molecule has 1 aliphatic heterocycles. The van der Waals surface area contributed by atoms with Crippen molar-refractivity contribution in [2.45, 2.75) is 12.5 Å². The topological polar surface area (TPSA) is 71.1 Å². The molecule has 1 atom stereocenters. The van der Waals surface area contributed by atoms with Gasteiger partial charge in [0.15, 0.2) is 0 Å². The van der Waals surface area contributed by atoms with Crippen molar-refractivity contribution in [3.63, 3.8) is 0 Å². The molecule has 0 radical (unpaired) electrons. The third-order valence-corrected chi connectivity index (χ3v) is 4.44. The van der Waals surface area contributed by atoms with E-state index in [2.05, 4.69) is 15.4 Å². The van der Waals surface area contributed by atoms with E-state index in [0.717, 1.165) is 11.9 Å². The Kier molecular flexibility index (Phi) is 3.82. The first-order valence-electron chi connectivity index (χ1n) is 7.72. The molecule has 1 unspecified atom stereocenters. The van der Waals surface area contributed by atoms with Gasteiger partial charge < -0.3 is 9.64 Å². The van der Waals surface area contributed by atoms with Crippen molar-refractivity contribution in [1.82, 2.24) is 20.3 Å². The highest BCUT2D eigenvalue weighted by molar-refractivity contribution is 6.32. The Morgan fingerprint density at radius 3 is 2.92 bits per heavy atom. The first kappa shape index (κ1) is 15.0. The van der Waals surface area contributed by atoms with Crippen LogP contribution in [0.1, 0.15) is 16.8 Å². The summed E-state index contributed by atoms with van der Waals surface area (Å²) in [5.41, 5.74) is 2.03. The van der Waals surface area contributed by atoms with Gasteiger partial charge in [-0.15, -0.1) is 0 Å². The fourth-order valence-corrected chi connectivity index (χ4v) is 3.06. The van der Waals surface area contributed by atoms with Crippen LogP contribution in [-0.4, -0.2) is 45.4 Å². The third-order valence-electron chi connectivity index (χ3n) is 4.13. The maximum absolute atomic E-state index is 12.7. The molecule has 4 rings (SSSR count). The van der Waals surface area contributed by atoms with Gasteiger partial charge in [-0.3, -0.25) is 4.79 Å². The summed E-state index contributed by atoms with van der Waals surface area (Å²) in [6.07, 6.45) is 0.730. The van der Waals surface area contributed by atoms with Crippen molar-refractivity contribution in [3.05, 3.63) is 53.1 Å². The molecule has 1 N–H and O–H groups in total. The number of halogens is 1. The lowest BCUT2D eigenvalue weighted by Gasteiger charge is -2.17. The number of benzene rings is 2. The molecule has 1 aliphatic rings.